The molecule has 2 aliphatic rings. The number of carbonyl (C=O) groups excluding carboxylic acids is 5. The molecule has 1 aliphatic heterocycles. The topological polar surface area (TPSA) is 138 Å². The maximum absolute atomic E-state index is 14.0. The lowest BCUT2D eigenvalue weighted by atomic mass is 9.84. The van der Waals surface area contributed by atoms with Gasteiger partial charge < -0.3 is 20.9 Å². The lowest BCUT2D eigenvalue weighted by molar-refractivity contribution is -0.146. The number of carbonyl (C=O) groups is 5. The zero-order chi connectivity index (χ0) is 30.2. The van der Waals surface area contributed by atoms with Gasteiger partial charge in [-0.25, -0.2) is 0 Å². The Hall–Kier alpha value is -3.30. The second-order valence-electron chi connectivity index (χ2n) is 14.0. The van der Waals surface area contributed by atoms with Crippen LogP contribution in [-0.2, 0) is 30.4 Å². The average molecular weight is 556 g/mol. The number of rotatable bonds is 9. The van der Waals surface area contributed by atoms with E-state index in [1.165, 1.54) is 7.05 Å². The maximum Gasteiger partial charge on any atom is 0.289 e. The number of piperidine rings is 1. The highest BCUT2D eigenvalue weighted by atomic mass is 16.2. The number of fused-ring (bicyclic) bond motifs is 1. The van der Waals surface area contributed by atoms with E-state index in [2.05, 4.69) is 34.8 Å². The largest absolute Gasteiger partial charge is 0.353 e. The smallest absolute Gasteiger partial charge is 0.289 e. The standard InChI is InChI=1S/C30H45N5O5/c1-28(2,3)15-20(36)34-24(29(4,5)6)27(40)35-16-18-21(30(18,7)8)22(35)25(38)33-19(23(37)26(39)31-9)14-17-12-10-11-13-32-17/h10-13,18-19,21-22,24H,14-16H2,1-9H3,(H,31,39)(H,33,38)(H,34,36)/t18?,19-,21-,22-,24?/m0/s1. The first kappa shape index (κ1) is 31.2. The van der Waals surface area contributed by atoms with Gasteiger partial charge in [-0.05, 0) is 40.2 Å². The van der Waals surface area contributed by atoms with Crippen molar-refractivity contribution in [2.75, 3.05) is 13.6 Å². The molecule has 3 rings (SSSR count). The minimum absolute atomic E-state index is 0.0322. The molecule has 2 unspecified atom stereocenters. The van der Waals surface area contributed by atoms with Crippen LogP contribution in [0.15, 0.2) is 24.4 Å². The van der Waals surface area contributed by atoms with Crippen LogP contribution >= 0.6 is 0 Å². The highest BCUT2D eigenvalue weighted by Gasteiger charge is 2.69. The predicted molar refractivity (Wildman–Crippen MR) is 151 cm³/mol. The predicted octanol–water partition coefficient (Wildman–Crippen LogP) is 1.87. The van der Waals surface area contributed by atoms with Crippen molar-refractivity contribution >= 4 is 29.4 Å². The number of amides is 4. The fourth-order valence-corrected chi connectivity index (χ4v) is 5.80. The minimum Gasteiger partial charge on any atom is -0.353 e. The molecule has 4 amide bonds. The number of likely N-dealkylation sites (N-methyl/N-ethyl adjacent to an activating group) is 1. The fourth-order valence-electron chi connectivity index (χ4n) is 5.80. The van der Waals surface area contributed by atoms with E-state index in [9.17, 15) is 24.0 Å². The van der Waals surface area contributed by atoms with Gasteiger partial charge >= 0.3 is 0 Å². The van der Waals surface area contributed by atoms with Gasteiger partial charge in [0.15, 0.2) is 0 Å². The second-order valence-corrected chi connectivity index (χ2v) is 14.0. The lowest BCUT2D eigenvalue weighted by Gasteiger charge is -2.38. The molecule has 1 aromatic heterocycles. The summed E-state index contributed by atoms with van der Waals surface area (Å²) in [6.07, 6.45) is 1.87. The van der Waals surface area contributed by atoms with Gasteiger partial charge in [-0.3, -0.25) is 29.0 Å². The first-order chi connectivity index (χ1) is 18.4. The Balaban J connectivity index is 1.88. The molecule has 0 radical (unpaired) electrons. The summed E-state index contributed by atoms with van der Waals surface area (Å²) in [6, 6.07) is 2.40. The van der Waals surface area contributed by atoms with Gasteiger partial charge in [0.25, 0.3) is 5.91 Å². The van der Waals surface area contributed by atoms with Crippen LogP contribution in [0.2, 0.25) is 0 Å². The highest BCUT2D eigenvalue weighted by molar-refractivity contribution is 6.38. The number of hydrogen-bond acceptors (Lipinski definition) is 6. The van der Waals surface area contributed by atoms with E-state index in [1.54, 1.807) is 29.3 Å². The molecule has 1 saturated carbocycles. The number of hydrogen-bond donors (Lipinski definition) is 3. The van der Waals surface area contributed by atoms with Crippen LogP contribution in [-0.4, -0.2) is 71.0 Å². The Morgan fingerprint density at radius 3 is 2.23 bits per heavy atom. The molecule has 40 heavy (non-hydrogen) atoms. The Labute approximate surface area is 237 Å². The highest BCUT2D eigenvalue weighted by Crippen LogP contribution is 2.65. The molecular formula is C30H45N5O5. The van der Waals surface area contributed by atoms with Crippen LogP contribution < -0.4 is 16.0 Å². The zero-order valence-electron chi connectivity index (χ0n) is 25.3. The Morgan fingerprint density at radius 2 is 1.70 bits per heavy atom. The number of ketones is 1. The summed E-state index contributed by atoms with van der Waals surface area (Å²) < 4.78 is 0. The molecule has 0 aromatic carbocycles. The van der Waals surface area contributed by atoms with E-state index in [0.717, 1.165) is 0 Å². The van der Waals surface area contributed by atoms with Gasteiger partial charge in [0.1, 0.15) is 18.1 Å². The van der Waals surface area contributed by atoms with Gasteiger partial charge in [-0.1, -0.05) is 61.5 Å². The Morgan fingerprint density at radius 1 is 1.05 bits per heavy atom. The fraction of sp³-hybridized carbons (Fsp3) is 0.667. The van der Waals surface area contributed by atoms with Crippen molar-refractivity contribution in [2.45, 2.75) is 86.4 Å². The summed E-state index contributed by atoms with van der Waals surface area (Å²) in [5, 5.41) is 8.05. The summed E-state index contributed by atoms with van der Waals surface area (Å²) in [6.45, 7) is 16.0. The first-order valence-corrected chi connectivity index (χ1v) is 13.9. The van der Waals surface area contributed by atoms with Crippen LogP contribution in [0.3, 0.4) is 0 Å². The number of aromatic nitrogens is 1. The molecule has 1 saturated heterocycles. The van der Waals surface area contributed by atoms with Crippen molar-refractivity contribution in [1.29, 1.82) is 0 Å². The Kier molecular flexibility index (Phi) is 8.82. The molecule has 3 N–H and O–H groups in total. The number of pyridine rings is 1. The van der Waals surface area contributed by atoms with E-state index >= 15 is 0 Å². The van der Waals surface area contributed by atoms with E-state index < -0.39 is 41.1 Å². The van der Waals surface area contributed by atoms with Crippen LogP contribution in [0.1, 0.15) is 67.5 Å². The second kappa shape index (κ2) is 11.3. The van der Waals surface area contributed by atoms with E-state index in [4.69, 9.17) is 0 Å². The van der Waals surface area contributed by atoms with Gasteiger partial charge in [0.2, 0.25) is 23.5 Å². The number of nitrogens with zero attached hydrogens (tertiary/aromatic N) is 2. The van der Waals surface area contributed by atoms with Crippen LogP contribution in [0, 0.1) is 28.1 Å². The van der Waals surface area contributed by atoms with E-state index in [0.29, 0.717) is 12.2 Å². The zero-order valence-corrected chi connectivity index (χ0v) is 25.3. The van der Waals surface area contributed by atoms with Gasteiger partial charge in [-0.2, -0.15) is 0 Å². The van der Waals surface area contributed by atoms with Gasteiger partial charge in [0.05, 0.1) is 0 Å². The molecule has 1 aromatic rings. The monoisotopic (exact) mass is 555 g/mol. The maximum atomic E-state index is 14.0. The summed E-state index contributed by atoms with van der Waals surface area (Å²) in [4.78, 5) is 71.8. The summed E-state index contributed by atoms with van der Waals surface area (Å²) in [5.41, 5.74) is -0.474. The van der Waals surface area contributed by atoms with Crippen LogP contribution in [0.5, 0.6) is 0 Å². The van der Waals surface area contributed by atoms with E-state index in [1.807, 2.05) is 41.5 Å². The van der Waals surface area contributed by atoms with Crippen molar-refractivity contribution in [3.8, 4) is 0 Å². The molecule has 10 heteroatoms. The van der Waals surface area contributed by atoms with Crippen LogP contribution in [0.25, 0.3) is 0 Å². The third-order valence-corrected chi connectivity index (χ3v) is 8.09. The minimum atomic E-state index is -1.15. The molecular weight excluding hydrogens is 510 g/mol. The van der Waals surface area contributed by atoms with Crippen LogP contribution in [0.4, 0.5) is 0 Å². The van der Waals surface area contributed by atoms with Crippen molar-refractivity contribution < 1.29 is 24.0 Å². The molecule has 5 atom stereocenters. The molecule has 10 nitrogen and oxygen atoms in total. The van der Waals surface area contributed by atoms with E-state index in [-0.39, 0.29) is 47.3 Å². The number of likely N-dealkylation sites (tertiary alicyclic amines) is 1. The summed E-state index contributed by atoms with van der Waals surface area (Å²) in [5.74, 6) is -2.63. The first-order valence-electron chi connectivity index (χ1n) is 13.9. The molecule has 0 spiro atoms. The lowest BCUT2D eigenvalue weighted by Crippen LogP contribution is -2.60. The molecule has 2 fully saturated rings. The summed E-state index contributed by atoms with van der Waals surface area (Å²) >= 11 is 0. The molecule has 220 valence electrons. The number of Topliss-reactive ketones (excluding diaryl/α,β-unsaturated/α-hetero) is 1. The normalized spacial score (nSPS) is 22.9. The quantitative estimate of drug-likeness (QED) is 0.398. The van der Waals surface area contributed by atoms with Gasteiger partial charge in [-0.15, -0.1) is 0 Å². The third-order valence-electron chi connectivity index (χ3n) is 8.09. The third kappa shape index (κ3) is 6.88. The van der Waals surface area contributed by atoms with Gasteiger partial charge in [0, 0.05) is 38.3 Å². The van der Waals surface area contributed by atoms with Crippen molar-refractivity contribution in [1.82, 2.24) is 25.8 Å². The SMILES string of the molecule is CNC(=O)C(=O)[C@H](Cc1ccccn1)NC(=O)[C@@H]1[C@@H]2C(CN1C(=O)C(NC(=O)CC(C)(C)C)C(C)(C)C)C2(C)C. The molecule has 0 bridgehead atoms. The number of nitrogens with one attached hydrogen (secondary N) is 3. The van der Waals surface area contributed by atoms with Crippen molar-refractivity contribution in [2.24, 2.45) is 28.1 Å². The van der Waals surface area contributed by atoms with Crippen molar-refractivity contribution in [3.63, 3.8) is 0 Å². The average Bonchev–Trinajstić information content (AvgIpc) is 3.16. The van der Waals surface area contributed by atoms with Crippen molar-refractivity contribution in [3.05, 3.63) is 30.1 Å². The molecule has 1 aliphatic carbocycles. The Bertz CT molecular complexity index is 1150. The summed E-state index contributed by atoms with van der Waals surface area (Å²) in [7, 11) is 1.36. The molecule has 2 heterocycles.